The summed E-state index contributed by atoms with van der Waals surface area (Å²) in [4.78, 5) is 8.56. The number of aryl methyl sites for hydroxylation is 2. The molecule has 96 valence electrons. The lowest BCUT2D eigenvalue weighted by atomic mass is 10.2. The van der Waals surface area contributed by atoms with Crippen molar-refractivity contribution in [2.45, 2.75) is 13.8 Å². The smallest absolute Gasteiger partial charge is 0.129 e. The fourth-order valence-corrected chi connectivity index (χ4v) is 1.64. The average Bonchev–Trinajstić information content (AvgIpc) is 2.43. The van der Waals surface area contributed by atoms with Crippen molar-refractivity contribution in [1.82, 2.24) is 0 Å². The highest BCUT2D eigenvalue weighted by atomic mass is 14.9. The quantitative estimate of drug-likeness (QED) is 0.737. The van der Waals surface area contributed by atoms with Crippen LogP contribution in [-0.4, -0.2) is 19.1 Å². The molecule has 0 heterocycles. The van der Waals surface area contributed by atoms with Gasteiger partial charge in [-0.1, -0.05) is 59.7 Å². The van der Waals surface area contributed by atoms with E-state index in [0.29, 0.717) is 6.67 Å². The molecule has 2 aromatic carbocycles. The lowest BCUT2D eigenvalue weighted by Crippen LogP contribution is -1.85. The van der Waals surface area contributed by atoms with Crippen LogP contribution in [0.25, 0.3) is 0 Å². The van der Waals surface area contributed by atoms with Crippen LogP contribution in [0.3, 0.4) is 0 Å². The van der Waals surface area contributed by atoms with E-state index < -0.39 is 0 Å². The Hall–Kier alpha value is -2.22. The van der Waals surface area contributed by atoms with Crippen molar-refractivity contribution in [1.29, 1.82) is 0 Å². The summed E-state index contributed by atoms with van der Waals surface area (Å²) in [6.07, 6.45) is 3.71. The van der Waals surface area contributed by atoms with E-state index in [1.54, 1.807) is 0 Å². The van der Waals surface area contributed by atoms with E-state index in [1.165, 1.54) is 11.1 Å². The minimum Gasteiger partial charge on any atom is -0.269 e. The minimum atomic E-state index is 0.460. The number of rotatable bonds is 4. The van der Waals surface area contributed by atoms with Crippen LogP contribution in [0.4, 0.5) is 0 Å². The zero-order valence-corrected chi connectivity index (χ0v) is 11.4. The Morgan fingerprint density at radius 2 is 1.05 bits per heavy atom. The molecule has 0 radical (unpaired) electrons. The molecule has 0 aliphatic heterocycles. The molecule has 0 N–H and O–H groups in total. The molecule has 2 rings (SSSR count). The molecule has 0 aromatic heterocycles. The molecule has 0 fully saturated rings. The summed E-state index contributed by atoms with van der Waals surface area (Å²) in [5.74, 6) is 0. The molecule has 0 unspecified atom stereocenters. The second-order valence-electron chi connectivity index (χ2n) is 4.59. The average molecular weight is 250 g/mol. The summed E-state index contributed by atoms with van der Waals surface area (Å²) in [6, 6.07) is 16.6. The first-order valence-corrected chi connectivity index (χ1v) is 6.37. The summed E-state index contributed by atoms with van der Waals surface area (Å²) in [7, 11) is 0. The molecule has 0 aliphatic carbocycles. The Bertz CT molecular complexity index is 510. The topological polar surface area (TPSA) is 24.7 Å². The van der Waals surface area contributed by atoms with Crippen molar-refractivity contribution in [2.24, 2.45) is 9.98 Å². The van der Waals surface area contributed by atoms with Gasteiger partial charge in [0.1, 0.15) is 6.67 Å². The summed E-state index contributed by atoms with van der Waals surface area (Å²) >= 11 is 0. The Balaban J connectivity index is 1.86. The van der Waals surface area contributed by atoms with Crippen molar-refractivity contribution in [3.05, 3.63) is 70.8 Å². The normalized spacial score (nSPS) is 11.5. The van der Waals surface area contributed by atoms with E-state index in [9.17, 15) is 0 Å². The van der Waals surface area contributed by atoms with Gasteiger partial charge in [0.15, 0.2) is 0 Å². The molecule has 19 heavy (non-hydrogen) atoms. The molecule has 2 aromatic rings. The van der Waals surface area contributed by atoms with Crippen LogP contribution < -0.4 is 0 Å². The van der Waals surface area contributed by atoms with Gasteiger partial charge in [0.25, 0.3) is 0 Å². The van der Waals surface area contributed by atoms with Crippen LogP contribution in [0.1, 0.15) is 22.3 Å². The maximum atomic E-state index is 4.28. The van der Waals surface area contributed by atoms with Crippen LogP contribution >= 0.6 is 0 Å². The van der Waals surface area contributed by atoms with E-state index in [1.807, 2.05) is 12.4 Å². The van der Waals surface area contributed by atoms with E-state index in [0.717, 1.165) is 11.1 Å². The Kier molecular flexibility index (Phi) is 4.62. The zero-order chi connectivity index (χ0) is 13.5. The molecule has 0 bridgehead atoms. The number of benzene rings is 2. The molecular weight excluding hydrogens is 232 g/mol. The van der Waals surface area contributed by atoms with Gasteiger partial charge in [0.2, 0.25) is 0 Å². The number of hydrogen-bond donors (Lipinski definition) is 0. The van der Waals surface area contributed by atoms with Crippen LogP contribution in [0.15, 0.2) is 58.5 Å². The first kappa shape index (κ1) is 13.2. The van der Waals surface area contributed by atoms with Gasteiger partial charge in [-0.3, -0.25) is 9.98 Å². The Labute approximate surface area is 114 Å². The third-order valence-corrected chi connectivity index (χ3v) is 2.80. The molecule has 0 aliphatic rings. The maximum Gasteiger partial charge on any atom is 0.129 e. The second kappa shape index (κ2) is 6.64. The van der Waals surface area contributed by atoms with Gasteiger partial charge in [0.05, 0.1) is 0 Å². The standard InChI is InChI=1S/C17H18N2/c1-14-3-7-16(8-4-14)11-18-13-19-12-17-9-5-15(2)6-10-17/h3-12H,13H2,1-2H3. The summed E-state index contributed by atoms with van der Waals surface area (Å²) in [5, 5.41) is 0. The molecule has 0 amide bonds. The van der Waals surface area contributed by atoms with Gasteiger partial charge >= 0.3 is 0 Å². The predicted octanol–water partition coefficient (Wildman–Crippen LogP) is 3.80. The fraction of sp³-hybridized carbons (Fsp3) is 0.176. The highest BCUT2D eigenvalue weighted by Crippen LogP contribution is 2.01. The zero-order valence-electron chi connectivity index (χ0n) is 11.4. The van der Waals surface area contributed by atoms with Crippen molar-refractivity contribution in [3.63, 3.8) is 0 Å². The van der Waals surface area contributed by atoms with Gasteiger partial charge in [-0.2, -0.15) is 0 Å². The van der Waals surface area contributed by atoms with E-state index >= 15 is 0 Å². The Morgan fingerprint density at radius 1 is 0.684 bits per heavy atom. The van der Waals surface area contributed by atoms with Gasteiger partial charge in [-0.05, 0) is 25.0 Å². The fourth-order valence-electron chi connectivity index (χ4n) is 1.64. The Morgan fingerprint density at radius 3 is 1.42 bits per heavy atom. The first-order valence-electron chi connectivity index (χ1n) is 6.37. The van der Waals surface area contributed by atoms with E-state index in [4.69, 9.17) is 0 Å². The highest BCUT2D eigenvalue weighted by Gasteiger charge is 1.87. The summed E-state index contributed by atoms with van der Waals surface area (Å²) < 4.78 is 0. The van der Waals surface area contributed by atoms with Crippen LogP contribution in [0.5, 0.6) is 0 Å². The largest absolute Gasteiger partial charge is 0.269 e. The maximum absolute atomic E-state index is 4.28. The van der Waals surface area contributed by atoms with E-state index in [-0.39, 0.29) is 0 Å². The van der Waals surface area contributed by atoms with Crippen LogP contribution in [0, 0.1) is 13.8 Å². The lowest BCUT2D eigenvalue weighted by Gasteiger charge is -1.94. The monoisotopic (exact) mass is 250 g/mol. The third kappa shape index (κ3) is 4.51. The van der Waals surface area contributed by atoms with Crippen molar-refractivity contribution in [3.8, 4) is 0 Å². The van der Waals surface area contributed by atoms with Crippen LogP contribution in [-0.2, 0) is 0 Å². The van der Waals surface area contributed by atoms with Crippen molar-refractivity contribution in [2.75, 3.05) is 6.67 Å². The second-order valence-corrected chi connectivity index (χ2v) is 4.59. The van der Waals surface area contributed by atoms with E-state index in [2.05, 4.69) is 72.4 Å². The van der Waals surface area contributed by atoms with Gasteiger partial charge in [-0.25, -0.2) is 0 Å². The van der Waals surface area contributed by atoms with Gasteiger partial charge < -0.3 is 0 Å². The van der Waals surface area contributed by atoms with Gasteiger partial charge in [0, 0.05) is 12.4 Å². The molecule has 2 nitrogen and oxygen atoms in total. The molecular formula is C17H18N2. The predicted molar refractivity (Wildman–Crippen MR) is 82.4 cm³/mol. The molecule has 0 atom stereocenters. The van der Waals surface area contributed by atoms with Gasteiger partial charge in [-0.15, -0.1) is 0 Å². The van der Waals surface area contributed by atoms with Crippen molar-refractivity contribution < 1.29 is 0 Å². The summed E-state index contributed by atoms with van der Waals surface area (Å²) in [5.41, 5.74) is 4.73. The number of nitrogens with zero attached hydrogens (tertiary/aromatic N) is 2. The third-order valence-electron chi connectivity index (χ3n) is 2.80. The first-order chi connectivity index (χ1) is 9.24. The lowest BCUT2D eigenvalue weighted by molar-refractivity contribution is 1.08. The highest BCUT2D eigenvalue weighted by molar-refractivity contribution is 5.81. The minimum absolute atomic E-state index is 0.460. The molecule has 0 saturated heterocycles. The van der Waals surface area contributed by atoms with Crippen molar-refractivity contribution >= 4 is 12.4 Å². The molecule has 0 spiro atoms. The molecule has 2 heteroatoms. The number of aliphatic imine (C=N–C) groups is 2. The SMILES string of the molecule is Cc1ccc(C=NCN=Cc2ccc(C)cc2)cc1. The molecule has 0 saturated carbocycles. The summed E-state index contributed by atoms with van der Waals surface area (Å²) in [6.45, 7) is 4.61. The number of hydrogen-bond acceptors (Lipinski definition) is 2. The van der Waals surface area contributed by atoms with Crippen LogP contribution in [0.2, 0.25) is 0 Å².